The summed E-state index contributed by atoms with van der Waals surface area (Å²) in [5.74, 6) is 0.599. The predicted molar refractivity (Wildman–Crippen MR) is 79.9 cm³/mol. The molecule has 2 nitrogen and oxygen atoms in total. The Hall–Kier alpha value is -0.570. The Morgan fingerprint density at radius 3 is 2.50 bits per heavy atom. The van der Waals surface area contributed by atoms with E-state index in [1.165, 1.54) is 5.56 Å². The van der Waals surface area contributed by atoms with Gasteiger partial charge in [0, 0.05) is 23.7 Å². The highest BCUT2D eigenvalue weighted by atomic mass is 35.5. The molecule has 0 aromatic heterocycles. The predicted octanol–water partition coefficient (Wildman–Crippen LogP) is 3.71. The minimum Gasteiger partial charge on any atom is -0.329 e. The maximum absolute atomic E-state index is 6.05. The van der Waals surface area contributed by atoms with E-state index in [0.29, 0.717) is 24.5 Å². The Morgan fingerprint density at radius 1 is 1.33 bits per heavy atom. The molecule has 3 atom stereocenters. The van der Waals surface area contributed by atoms with Crippen LogP contribution in [0.4, 0.5) is 0 Å². The van der Waals surface area contributed by atoms with Gasteiger partial charge in [-0.05, 0) is 37.6 Å². The lowest BCUT2D eigenvalue weighted by Gasteiger charge is -2.36. The first kappa shape index (κ1) is 15.5. The second kappa shape index (κ2) is 7.13. The second-order valence-corrected chi connectivity index (χ2v) is 5.52. The van der Waals surface area contributed by atoms with Crippen LogP contribution in [-0.4, -0.2) is 24.5 Å². The third-order valence-corrected chi connectivity index (χ3v) is 4.24. The molecule has 0 bridgehead atoms. The quantitative estimate of drug-likeness (QED) is 0.852. The van der Waals surface area contributed by atoms with Gasteiger partial charge in [-0.15, -0.1) is 0 Å². The van der Waals surface area contributed by atoms with Gasteiger partial charge < -0.3 is 5.73 Å². The Kier molecular flexibility index (Phi) is 6.13. The van der Waals surface area contributed by atoms with Gasteiger partial charge in [-0.25, -0.2) is 0 Å². The van der Waals surface area contributed by atoms with Crippen molar-refractivity contribution in [2.75, 3.05) is 13.6 Å². The van der Waals surface area contributed by atoms with Crippen LogP contribution in [0.1, 0.15) is 38.8 Å². The van der Waals surface area contributed by atoms with E-state index in [2.05, 4.69) is 38.8 Å². The van der Waals surface area contributed by atoms with Crippen LogP contribution in [0.15, 0.2) is 24.3 Å². The van der Waals surface area contributed by atoms with Gasteiger partial charge in [-0.1, -0.05) is 44.0 Å². The summed E-state index contributed by atoms with van der Waals surface area (Å²) < 4.78 is 0. The molecular formula is C15H25ClN2. The summed E-state index contributed by atoms with van der Waals surface area (Å²) in [7, 11) is 2.15. The molecule has 0 radical (unpaired) electrons. The van der Waals surface area contributed by atoms with Crippen LogP contribution in [0, 0.1) is 5.92 Å². The first-order chi connectivity index (χ1) is 8.51. The van der Waals surface area contributed by atoms with Crippen LogP contribution in [0.2, 0.25) is 5.02 Å². The highest BCUT2D eigenvalue weighted by Crippen LogP contribution is 2.26. The summed E-state index contributed by atoms with van der Waals surface area (Å²) in [6.45, 7) is 7.37. The Labute approximate surface area is 116 Å². The van der Waals surface area contributed by atoms with Crippen LogP contribution >= 0.6 is 11.6 Å². The maximum Gasteiger partial charge on any atom is 0.0409 e. The lowest BCUT2D eigenvalue weighted by Crippen LogP contribution is -2.43. The van der Waals surface area contributed by atoms with Gasteiger partial charge in [0.05, 0.1) is 0 Å². The largest absolute Gasteiger partial charge is 0.329 e. The van der Waals surface area contributed by atoms with E-state index in [9.17, 15) is 0 Å². The van der Waals surface area contributed by atoms with Crippen molar-refractivity contribution in [3.05, 3.63) is 34.9 Å². The van der Waals surface area contributed by atoms with Gasteiger partial charge in [-0.3, -0.25) is 4.90 Å². The third-order valence-electron chi connectivity index (χ3n) is 4.01. The Balaban J connectivity index is 2.85. The van der Waals surface area contributed by atoms with Crippen LogP contribution in [-0.2, 0) is 0 Å². The first-order valence-electron chi connectivity index (χ1n) is 6.68. The van der Waals surface area contributed by atoms with Crippen molar-refractivity contribution in [1.29, 1.82) is 0 Å². The zero-order valence-corrected chi connectivity index (χ0v) is 12.6. The Bertz CT molecular complexity index is 367. The molecule has 1 rings (SSSR count). The number of rotatable bonds is 6. The van der Waals surface area contributed by atoms with Crippen LogP contribution in [0.25, 0.3) is 0 Å². The molecule has 0 saturated heterocycles. The van der Waals surface area contributed by atoms with Crippen molar-refractivity contribution in [3.8, 4) is 0 Å². The summed E-state index contributed by atoms with van der Waals surface area (Å²) in [6, 6.07) is 8.80. The molecule has 0 amide bonds. The molecule has 0 saturated carbocycles. The fraction of sp³-hybridized carbons (Fsp3) is 0.600. The topological polar surface area (TPSA) is 29.3 Å². The SMILES string of the molecule is CCC(C)C(CN)N(C)C(C)c1cccc(Cl)c1. The van der Waals surface area contributed by atoms with Crippen LogP contribution in [0.5, 0.6) is 0 Å². The minimum atomic E-state index is 0.325. The van der Waals surface area contributed by atoms with Gasteiger partial charge in [0.2, 0.25) is 0 Å². The molecule has 3 unspecified atom stereocenters. The molecular weight excluding hydrogens is 244 g/mol. The summed E-state index contributed by atoms with van der Waals surface area (Å²) in [4.78, 5) is 2.36. The molecule has 1 aromatic rings. The number of nitrogens with two attached hydrogens (primary N) is 1. The highest BCUT2D eigenvalue weighted by Gasteiger charge is 2.23. The van der Waals surface area contributed by atoms with E-state index < -0.39 is 0 Å². The zero-order chi connectivity index (χ0) is 13.7. The molecule has 0 heterocycles. The fourth-order valence-electron chi connectivity index (χ4n) is 2.36. The normalized spacial score (nSPS) is 16.6. The number of nitrogens with zero attached hydrogens (tertiary/aromatic N) is 1. The molecule has 0 fully saturated rings. The van der Waals surface area contributed by atoms with E-state index in [1.54, 1.807) is 0 Å². The third kappa shape index (κ3) is 3.71. The average Bonchev–Trinajstić information content (AvgIpc) is 2.38. The van der Waals surface area contributed by atoms with Crippen LogP contribution < -0.4 is 5.73 Å². The second-order valence-electron chi connectivity index (χ2n) is 5.09. The van der Waals surface area contributed by atoms with E-state index in [1.807, 2.05) is 18.2 Å². The summed E-state index contributed by atoms with van der Waals surface area (Å²) >= 11 is 6.05. The van der Waals surface area contributed by atoms with Gasteiger partial charge >= 0.3 is 0 Å². The number of benzene rings is 1. The van der Waals surface area contributed by atoms with E-state index in [-0.39, 0.29) is 0 Å². The smallest absolute Gasteiger partial charge is 0.0409 e. The van der Waals surface area contributed by atoms with Crippen molar-refractivity contribution in [2.45, 2.75) is 39.3 Å². The van der Waals surface area contributed by atoms with Crippen molar-refractivity contribution in [2.24, 2.45) is 11.7 Å². The average molecular weight is 269 g/mol. The zero-order valence-electron chi connectivity index (χ0n) is 11.9. The summed E-state index contributed by atoms with van der Waals surface area (Å²) in [5.41, 5.74) is 7.17. The van der Waals surface area contributed by atoms with E-state index in [0.717, 1.165) is 11.4 Å². The molecule has 0 aliphatic heterocycles. The monoisotopic (exact) mass is 268 g/mol. The number of halogens is 1. The van der Waals surface area contributed by atoms with Gasteiger partial charge in [0.25, 0.3) is 0 Å². The molecule has 3 heteroatoms. The molecule has 1 aromatic carbocycles. The summed E-state index contributed by atoms with van der Waals surface area (Å²) in [6.07, 6.45) is 1.15. The molecule has 2 N–H and O–H groups in total. The van der Waals surface area contributed by atoms with Gasteiger partial charge in [-0.2, -0.15) is 0 Å². The van der Waals surface area contributed by atoms with Crippen molar-refractivity contribution in [3.63, 3.8) is 0 Å². The molecule has 102 valence electrons. The number of hydrogen-bond donors (Lipinski definition) is 1. The maximum atomic E-state index is 6.05. The number of likely N-dealkylation sites (N-methyl/N-ethyl adjacent to an activating group) is 1. The Morgan fingerprint density at radius 2 is 2.00 bits per heavy atom. The fourth-order valence-corrected chi connectivity index (χ4v) is 2.56. The van der Waals surface area contributed by atoms with E-state index in [4.69, 9.17) is 17.3 Å². The van der Waals surface area contributed by atoms with Crippen LogP contribution in [0.3, 0.4) is 0 Å². The van der Waals surface area contributed by atoms with Crippen molar-refractivity contribution in [1.82, 2.24) is 4.90 Å². The summed E-state index contributed by atoms with van der Waals surface area (Å²) in [5, 5.41) is 0.792. The standard InChI is InChI=1S/C15H25ClN2/c1-5-11(2)15(10-17)18(4)12(3)13-7-6-8-14(16)9-13/h6-9,11-12,15H,5,10,17H2,1-4H3. The van der Waals surface area contributed by atoms with Gasteiger partial charge in [0.1, 0.15) is 0 Å². The van der Waals surface area contributed by atoms with Gasteiger partial charge in [0.15, 0.2) is 0 Å². The van der Waals surface area contributed by atoms with Crippen molar-refractivity contribution >= 4 is 11.6 Å². The van der Waals surface area contributed by atoms with E-state index >= 15 is 0 Å². The molecule has 0 aliphatic carbocycles. The minimum absolute atomic E-state index is 0.325. The molecule has 18 heavy (non-hydrogen) atoms. The lowest BCUT2D eigenvalue weighted by molar-refractivity contribution is 0.141. The first-order valence-corrected chi connectivity index (χ1v) is 7.06. The van der Waals surface area contributed by atoms with Crippen molar-refractivity contribution < 1.29 is 0 Å². The highest BCUT2D eigenvalue weighted by molar-refractivity contribution is 6.30. The number of hydrogen-bond acceptors (Lipinski definition) is 2. The molecule has 0 aliphatic rings. The lowest BCUT2D eigenvalue weighted by atomic mass is 9.95. The molecule has 0 spiro atoms.